The predicted octanol–water partition coefficient (Wildman–Crippen LogP) is 3.63. The number of benzene rings is 1. The van der Waals surface area contributed by atoms with Crippen molar-refractivity contribution in [3.8, 4) is 11.5 Å². The van der Waals surface area contributed by atoms with Crippen molar-refractivity contribution < 1.29 is 23.8 Å². The van der Waals surface area contributed by atoms with Crippen molar-refractivity contribution in [1.29, 1.82) is 0 Å². The molecule has 0 aliphatic carbocycles. The van der Waals surface area contributed by atoms with Gasteiger partial charge in [0.2, 0.25) is 12.7 Å². The zero-order chi connectivity index (χ0) is 20.5. The first-order valence-electron chi connectivity index (χ1n) is 9.41. The van der Waals surface area contributed by atoms with Crippen LogP contribution in [0.2, 0.25) is 0 Å². The van der Waals surface area contributed by atoms with E-state index in [1.807, 2.05) is 32.9 Å². The minimum absolute atomic E-state index is 0.173. The number of carbonyl (C=O) groups is 2. The Labute approximate surface area is 170 Å². The first-order valence-corrected chi connectivity index (χ1v) is 9.84. The van der Waals surface area contributed by atoms with Crippen molar-refractivity contribution in [2.24, 2.45) is 0 Å². The summed E-state index contributed by atoms with van der Waals surface area (Å²) >= 11 is 6.58. The molecule has 3 rings (SSSR count). The van der Waals surface area contributed by atoms with Crippen LogP contribution in [0.1, 0.15) is 45.1 Å². The van der Waals surface area contributed by atoms with Crippen molar-refractivity contribution in [3.05, 3.63) is 36.4 Å². The maximum atomic E-state index is 13.1. The van der Waals surface area contributed by atoms with Crippen LogP contribution in [0.15, 0.2) is 30.9 Å². The second kappa shape index (κ2) is 8.03. The van der Waals surface area contributed by atoms with Crippen LogP contribution < -0.4 is 9.47 Å². The molecule has 1 aromatic rings. The standard InChI is InChI=1S/C21H26ClNO5/c1-5-14(13-8-9-16-17(11-13)27-12-26-16)18(22)19(24)23-10-6-7-15(23)20(25)28-21(2,3)4/h5,8-9,11,14-15,18H,1,6-7,10,12H2,2-4H3/t14-,15-,18-/m0/s1. The SMILES string of the molecule is C=C[C@@H](c1ccc2c(c1)OCO2)[C@H](Cl)C(=O)N1CCC[C@H]1C(=O)OC(C)(C)C. The molecule has 28 heavy (non-hydrogen) atoms. The van der Waals surface area contributed by atoms with Crippen LogP contribution in [0.25, 0.3) is 0 Å². The van der Waals surface area contributed by atoms with Crippen LogP contribution in [-0.4, -0.2) is 47.1 Å². The highest BCUT2D eigenvalue weighted by molar-refractivity contribution is 6.31. The van der Waals surface area contributed by atoms with Crippen molar-refractivity contribution in [1.82, 2.24) is 4.90 Å². The van der Waals surface area contributed by atoms with E-state index in [0.29, 0.717) is 24.5 Å². The van der Waals surface area contributed by atoms with E-state index in [4.69, 9.17) is 25.8 Å². The smallest absolute Gasteiger partial charge is 0.329 e. The molecule has 1 aromatic carbocycles. The topological polar surface area (TPSA) is 65.1 Å². The molecule has 0 N–H and O–H groups in total. The van der Waals surface area contributed by atoms with Gasteiger partial charge in [0.05, 0.1) is 0 Å². The number of hydrogen-bond acceptors (Lipinski definition) is 5. The van der Waals surface area contributed by atoms with Gasteiger partial charge in [0.25, 0.3) is 0 Å². The summed E-state index contributed by atoms with van der Waals surface area (Å²) in [6.07, 6.45) is 2.96. The minimum Gasteiger partial charge on any atom is -0.458 e. The minimum atomic E-state index is -0.888. The molecule has 6 nitrogen and oxygen atoms in total. The number of amides is 1. The van der Waals surface area contributed by atoms with E-state index in [0.717, 1.165) is 12.0 Å². The van der Waals surface area contributed by atoms with Gasteiger partial charge >= 0.3 is 5.97 Å². The van der Waals surface area contributed by atoms with Gasteiger partial charge in [-0.05, 0) is 51.3 Å². The van der Waals surface area contributed by atoms with Gasteiger partial charge in [0.15, 0.2) is 11.5 Å². The summed E-state index contributed by atoms with van der Waals surface area (Å²) < 4.78 is 16.2. The third-order valence-corrected chi connectivity index (χ3v) is 5.26. The van der Waals surface area contributed by atoms with Crippen LogP contribution in [0, 0.1) is 0 Å². The van der Waals surface area contributed by atoms with Crippen LogP contribution >= 0.6 is 11.6 Å². The Balaban J connectivity index is 1.76. The summed E-state index contributed by atoms with van der Waals surface area (Å²) in [6.45, 7) is 9.93. The highest BCUT2D eigenvalue weighted by atomic mass is 35.5. The average molecular weight is 408 g/mol. The molecule has 0 saturated carbocycles. The Kier molecular flexibility index (Phi) is 5.89. The molecule has 2 aliphatic rings. The van der Waals surface area contributed by atoms with E-state index in [1.165, 1.54) is 4.90 Å². The number of carbonyl (C=O) groups excluding carboxylic acids is 2. The molecule has 1 saturated heterocycles. The molecule has 0 radical (unpaired) electrons. The van der Waals surface area contributed by atoms with Crippen molar-refractivity contribution >= 4 is 23.5 Å². The number of esters is 1. The van der Waals surface area contributed by atoms with E-state index < -0.39 is 22.9 Å². The zero-order valence-corrected chi connectivity index (χ0v) is 17.2. The summed E-state index contributed by atoms with van der Waals surface area (Å²) in [6, 6.07) is 4.85. The van der Waals surface area contributed by atoms with Crippen LogP contribution in [0.3, 0.4) is 0 Å². The third kappa shape index (κ3) is 4.27. The normalized spacial score (nSPS) is 20.6. The number of rotatable bonds is 5. The number of allylic oxidation sites excluding steroid dienone is 1. The second-order valence-corrected chi connectivity index (χ2v) is 8.47. The summed E-state index contributed by atoms with van der Waals surface area (Å²) in [5.41, 5.74) is 0.200. The van der Waals surface area contributed by atoms with Crippen molar-refractivity contribution in [2.45, 2.75) is 56.6 Å². The van der Waals surface area contributed by atoms with Crippen LogP contribution in [0.4, 0.5) is 0 Å². The van der Waals surface area contributed by atoms with Gasteiger partial charge in [-0.25, -0.2) is 4.79 Å². The Morgan fingerprint density at radius 2 is 2.04 bits per heavy atom. The van der Waals surface area contributed by atoms with Gasteiger partial charge in [-0.1, -0.05) is 12.1 Å². The first kappa shape index (κ1) is 20.5. The number of hydrogen-bond donors (Lipinski definition) is 0. The maximum absolute atomic E-state index is 13.1. The highest BCUT2D eigenvalue weighted by Crippen LogP contribution is 2.37. The summed E-state index contributed by atoms with van der Waals surface area (Å²) in [5, 5.41) is -0.888. The van der Waals surface area contributed by atoms with E-state index in [2.05, 4.69) is 6.58 Å². The van der Waals surface area contributed by atoms with Gasteiger partial charge in [-0.3, -0.25) is 4.79 Å². The average Bonchev–Trinajstić information content (AvgIpc) is 3.29. The molecule has 0 aromatic heterocycles. The maximum Gasteiger partial charge on any atom is 0.329 e. The second-order valence-electron chi connectivity index (χ2n) is 8.00. The molecule has 3 atom stereocenters. The lowest BCUT2D eigenvalue weighted by Gasteiger charge is -2.30. The number of nitrogens with zero attached hydrogens (tertiary/aromatic N) is 1. The molecule has 2 heterocycles. The van der Waals surface area contributed by atoms with Crippen molar-refractivity contribution in [2.75, 3.05) is 13.3 Å². The van der Waals surface area contributed by atoms with Crippen LogP contribution in [-0.2, 0) is 14.3 Å². The van der Waals surface area contributed by atoms with E-state index in [9.17, 15) is 9.59 Å². The molecule has 1 amide bonds. The summed E-state index contributed by atoms with van der Waals surface area (Å²) in [5.74, 6) is 0.170. The highest BCUT2D eigenvalue weighted by Gasteiger charge is 2.40. The fourth-order valence-corrected chi connectivity index (χ4v) is 3.88. The van der Waals surface area contributed by atoms with Crippen molar-refractivity contribution in [3.63, 3.8) is 0 Å². The number of likely N-dealkylation sites (tertiary alicyclic amines) is 1. The molecular formula is C21H26ClNO5. The lowest BCUT2D eigenvalue weighted by molar-refractivity contribution is -0.163. The van der Waals surface area contributed by atoms with Gasteiger partial charge in [0.1, 0.15) is 17.0 Å². The molecule has 2 aliphatic heterocycles. The lowest BCUT2D eigenvalue weighted by Crippen LogP contribution is -2.47. The number of ether oxygens (including phenoxy) is 3. The molecule has 0 bridgehead atoms. The molecule has 0 unspecified atom stereocenters. The predicted molar refractivity (Wildman–Crippen MR) is 106 cm³/mol. The Morgan fingerprint density at radius 1 is 1.32 bits per heavy atom. The fourth-order valence-electron chi connectivity index (χ4n) is 3.50. The van der Waals surface area contributed by atoms with Gasteiger partial charge < -0.3 is 19.1 Å². The largest absolute Gasteiger partial charge is 0.458 e. The molecule has 1 fully saturated rings. The first-order chi connectivity index (χ1) is 13.2. The van der Waals surface area contributed by atoms with Gasteiger partial charge in [-0.15, -0.1) is 18.2 Å². The number of alkyl halides is 1. The summed E-state index contributed by atoms with van der Waals surface area (Å²) in [7, 11) is 0. The molecule has 152 valence electrons. The van der Waals surface area contributed by atoms with Gasteiger partial charge in [-0.2, -0.15) is 0 Å². The van der Waals surface area contributed by atoms with E-state index in [-0.39, 0.29) is 18.7 Å². The molecule has 7 heteroatoms. The quantitative estimate of drug-likeness (QED) is 0.423. The fraction of sp³-hybridized carbons (Fsp3) is 0.524. The lowest BCUT2D eigenvalue weighted by atomic mass is 9.94. The van der Waals surface area contributed by atoms with E-state index in [1.54, 1.807) is 12.1 Å². The van der Waals surface area contributed by atoms with Crippen LogP contribution in [0.5, 0.6) is 11.5 Å². The Morgan fingerprint density at radius 3 is 2.71 bits per heavy atom. The number of halogens is 1. The van der Waals surface area contributed by atoms with E-state index >= 15 is 0 Å². The third-order valence-electron chi connectivity index (χ3n) is 4.80. The Bertz CT molecular complexity index is 773. The molecule has 0 spiro atoms. The monoisotopic (exact) mass is 407 g/mol. The Hall–Kier alpha value is -2.21. The van der Waals surface area contributed by atoms with Gasteiger partial charge in [0, 0.05) is 12.5 Å². The molecular weight excluding hydrogens is 382 g/mol. The number of fused-ring (bicyclic) bond motifs is 1. The summed E-state index contributed by atoms with van der Waals surface area (Å²) in [4.78, 5) is 27.2. The zero-order valence-electron chi connectivity index (χ0n) is 16.4.